The van der Waals surface area contributed by atoms with Gasteiger partial charge in [-0.25, -0.2) is 9.59 Å². The molecule has 1 heterocycles. The van der Waals surface area contributed by atoms with E-state index in [1.807, 2.05) is 0 Å². The Balaban J connectivity index is 2.55. The van der Waals surface area contributed by atoms with Gasteiger partial charge in [0.2, 0.25) is 0 Å². The molecule has 0 saturated carbocycles. The second kappa shape index (κ2) is 6.93. The molecule has 0 aromatic rings. The lowest BCUT2D eigenvalue weighted by atomic mass is 10.1. The molecule has 0 aromatic heterocycles. The highest BCUT2D eigenvalue weighted by molar-refractivity contribution is 5.86. The highest BCUT2D eigenvalue weighted by Gasteiger charge is 2.27. The molecule has 8 nitrogen and oxygen atoms in total. The fourth-order valence-corrected chi connectivity index (χ4v) is 1.86. The molecule has 1 fully saturated rings. The molecule has 1 rings (SSSR count). The lowest BCUT2D eigenvalue weighted by Crippen LogP contribution is -2.51. The van der Waals surface area contributed by atoms with E-state index in [1.165, 1.54) is 4.90 Å². The van der Waals surface area contributed by atoms with Crippen molar-refractivity contribution in [3.8, 4) is 0 Å². The molecular weight excluding hydrogens is 256 g/mol. The van der Waals surface area contributed by atoms with Gasteiger partial charge in [-0.05, 0) is 12.8 Å². The van der Waals surface area contributed by atoms with Crippen molar-refractivity contribution in [2.45, 2.75) is 31.3 Å². The molecule has 1 aliphatic heterocycles. The first-order valence-corrected chi connectivity index (χ1v) is 5.97. The zero-order valence-electron chi connectivity index (χ0n) is 10.7. The zero-order chi connectivity index (χ0) is 14.4. The number of urea groups is 1. The van der Waals surface area contributed by atoms with Gasteiger partial charge in [0.1, 0.15) is 6.04 Å². The van der Waals surface area contributed by atoms with Crippen LogP contribution in [0.1, 0.15) is 19.3 Å². The minimum atomic E-state index is -1.42. The number of amides is 2. The number of carboxylic acid groups (broad SMARTS) is 2. The molecule has 2 amide bonds. The van der Waals surface area contributed by atoms with Crippen LogP contribution in [-0.4, -0.2) is 65.4 Å². The van der Waals surface area contributed by atoms with E-state index in [-0.39, 0.29) is 6.04 Å². The van der Waals surface area contributed by atoms with E-state index in [9.17, 15) is 14.4 Å². The summed E-state index contributed by atoms with van der Waals surface area (Å²) in [5.41, 5.74) is 0. The number of rotatable bonds is 5. The van der Waals surface area contributed by atoms with Crippen LogP contribution in [0.3, 0.4) is 0 Å². The topological polar surface area (TPSA) is 116 Å². The van der Waals surface area contributed by atoms with E-state index in [4.69, 9.17) is 14.9 Å². The first-order valence-electron chi connectivity index (χ1n) is 5.97. The Morgan fingerprint density at radius 2 is 1.89 bits per heavy atom. The van der Waals surface area contributed by atoms with E-state index < -0.39 is 30.4 Å². The Hall–Kier alpha value is -1.83. The Labute approximate surface area is 110 Å². The average Bonchev–Trinajstić information content (AvgIpc) is 2.37. The molecule has 19 heavy (non-hydrogen) atoms. The molecule has 0 spiro atoms. The third kappa shape index (κ3) is 4.74. The van der Waals surface area contributed by atoms with Crippen LogP contribution in [0.2, 0.25) is 0 Å². The predicted octanol–water partition coefficient (Wildman–Crippen LogP) is -0.265. The summed E-state index contributed by atoms with van der Waals surface area (Å²) in [5.74, 6) is -2.64. The summed E-state index contributed by atoms with van der Waals surface area (Å²) in [6.45, 7) is 1.11. The van der Waals surface area contributed by atoms with Crippen molar-refractivity contribution in [2.24, 2.45) is 0 Å². The average molecular weight is 274 g/mol. The fourth-order valence-electron chi connectivity index (χ4n) is 1.86. The van der Waals surface area contributed by atoms with Crippen molar-refractivity contribution < 1.29 is 29.3 Å². The standard InChI is InChI=1S/C11H18N2O6/c1-13(7-2-4-19-5-3-7)11(18)12-8(10(16)17)6-9(14)15/h7-8H,2-6H2,1H3,(H,12,18)(H,14,15)(H,16,17)/t8-/m1/s1. The number of nitrogens with one attached hydrogen (secondary N) is 1. The number of carbonyl (C=O) groups is 3. The third-order valence-corrected chi connectivity index (χ3v) is 3.03. The van der Waals surface area contributed by atoms with Gasteiger partial charge in [-0.1, -0.05) is 0 Å². The predicted molar refractivity (Wildman–Crippen MR) is 63.8 cm³/mol. The van der Waals surface area contributed by atoms with Crippen LogP contribution < -0.4 is 5.32 Å². The first kappa shape index (κ1) is 15.2. The summed E-state index contributed by atoms with van der Waals surface area (Å²) in [7, 11) is 1.56. The molecule has 0 unspecified atom stereocenters. The Bertz CT molecular complexity index is 353. The summed E-state index contributed by atoms with van der Waals surface area (Å²) in [6, 6.07) is -2.03. The van der Waals surface area contributed by atoms with Gasteiger partial charge in [0.15, 0.2) is 0 Å². The van der Waals surface area contributed by atoms with Gasteiger partial charge in [-0.3, -0.25) is 4.79 Å². The van der Waals surface area contributed by atoms with Crippen molar-refractivity contribution in [1.29, 1.82) is 0 Å². The quantitative estimate of drug-likeness (QED) is 0.635. The highest BCUT2D eigenvalue weighted by atomic mass is 16.5. The van der Waals surface area contributed by atoms with Gasteiger partial charge in [0, 0.05) is 26.3 Å². The summed E-state index contributed by atoms with van der Waals surface area (Å²) in [4.78, 5) is 34.6. The second-order valence-electron chi connectivity index (χ2n) is 4.39. The van der Waals surface area contributed by atoms with Gasteiger partial charge < -0.3 is 25.2 Å². The molecule has 0 aliphatic carbocycles. The number of carbonyl (C=O) groups excluding carboxylic acids is 1. The molecule has 1 saturated heterocycles. The molecule has 0 aromatic carbocycles. The smallest absolute Gasteiger partial charge is 0.326 e. The minimum Gasteiger partial charge on any atom is -0.481 e. The van der Waals surface area contributed by atoms with Crippen LogP contribution in [0.4, 0.5) is 4.79 Å². The molecule has 108 valence electrons. The molecule has 0 radical (unpaired) electrons. The van der Waals surface area contributed by atoms with Crippen LogP contribution in [0, 0.1) is 0 Å². The SMILES string of the molecule is CN(C(=O)N[C@H](CC(=O)O)C(=O)O)C1CCOCC1. The van der Waals surface area contributed by atoms with Crippen molar-refractivity contribution in [3.05, 3.63) is 0 Å². The Morgan fingerprint density at radius 1 is 1.32 bits per heavy atom. The number of aliphatic carboxylic acids is 2. The van der Waals surface area contributed by atoms with E-state index in [0.717, 1.165) is 0 Å². The lowest BCUT2D eigenvalue weighted by molar-refractivity contribution is -0.145. The van der Waals surface area contributed by atoms with Crippen molar-refractivity contribution in [3.63, 3.8) is 0 Å². The molecule has 1 atom stereocenters. The van der Waals surface area contributed by atoms with Gasteiger partial charge in [-0.2, -0.15) is 0 Å². The summed E-state index contributed by atoms with van der Waals surface area (Å²) in [5, 5.41) is 19.6. The van der Waals surface area contributed by atoms with Crippen molar-refractivity contribution >= 4 is 18.0 Å². The van der Waals surface area contributed by atoms with Crippen molar-refractivity contribution in [2.75, 3.05) is 20.3 Å². The minimum absolute atomic E-state index is 0.0203. The number of nitrogens with zero attached hydrogens (tertiary/aromatic N) is 1. The Kier molecular flexibility index (Phi) is 5.56. The maximum Gasteiger partial charge on any atom is 0.326 e. The third-order valence-electron chi connectivity index (χ3n) is 3.03. The molecular formula is C11H18N2O6. The van der Waals surface area contributed by atoms with E-state index in [1.54, 1.807) is 7.05 Å². The summed E-state index contributed by atoms with van der Waals surface area (Å²) < 4.78 is 5.17. The first-order chi connectivity index (χ1) is 8.91. The van der Waals surface area contributed by atoms with Crippen LogP contribution in [-0.2, 0) is 14.3 Å². The monoisotopic (exact) mass is 274 g/mol. The maximum absolute atomic E-state index is 11.9. The van der Waals surface area contributed by atoms with Gasteiger partial charge in [0.05, 0.1) is 6.42 Å². The zero-order valence-corrected chi connectivity index (χ0v) is 10.7. The molecule has 8 heteroatoms. The number of hydrogen-bond donors (Lipinski definition) is 3. The Morgan fingerprint density at radius 3 is 2.37 bits per heavy atom. The second-order valence-corrected chi connectivity index (χ2v) is 4.39. The van der Waals surface area contributed by atoms with Crippen LogP contribution in [0.15, 0.2) is 0 Å². The lowest BCUT2D eigenvalue weighted by Gasteiger charge is -2.31. The molecule has 3 N–H and O–H groups in total. The van der Waals surface area contributed by atoms with E-state index in [2.05, 4.69) is 5.32 Å². The van der Waals surface area contributed by atoms with Gasteiger partial charge in [-0.15, -0.1) is 0 Å². The molecule has 1 aliphatic rings. The largest absolute Gasteiger partial charge is 0.481 e. The fraction of sp³-hybridized carbons (Fsp3) is 0.727. The maximum atomic E-state index is 11.9. The van der Waals surface area contributed by atoms with E-state index >= 15 is 0 Å². The number of carboxylic acids is 2. The van der Waals surface area contributed by atoms with Crippen LogP contribution >= 0.6 is 0 Å². The van der Waals surface area contributed by atoms with Gasteiger partial charge in [0.25, 0.3) is 0 Å². The summed E-state index contributed by atoms with van der Waals surface area (Å²) in [6.07, 6.45) is 0.712. The van der Waals surface area contributed by atoms with E-state index in [0.29, 0.717) is 26.1 Å². The normalized spacial score (nSPS) is 17.5. The van der Waals surface area contributed by atoms with Crippen LogP contribution in [0.5, 0.6) is 0 Å². The van der Waals surface area contributed by atoms with Crippen molar-refractivity contribution in [1.82, 2.24) is 10.2 Å². The molecule has 0 bridgehead atoms. The number of hydrogen-bond acceptors (Lipinski definition) is 4. The number of ether oxygens (including phenoxy) is 1. The van der Waals surface area contributed by atoms with Gasteiger partial charge >= 0.3 is 18.0 Å². The highest BCUT2D eigenvalue weighted by Crippen LogP contribution is 2.13. The summed E-state index contributed by atoms with van der Waals surface area (Å²) >= 11 is 0. The van der Waals surface area contributed by atoms with Crippen LogP contribution in [0.25, 0.3) is 0 Å².